The summed E-state index contributed by atoms with van der Waals surface area (Å²) in [6.45, 7) is 2.05. The van der Waals surface area contributed by atoms with Crippen molar-refractivity contribution in [3.05, 3.63) is 66.1 Å². The second-order valence-corrected chi connectivity index (χ2v) is 7.22. The fourth-order valence-corrected chi connectivity index (χ4v) is 3.33. The number of aromatic nitrogens is 3. The molecule has 0 unspecified atom stereocenters. The van der Waals surface area contributed by atoms with Crippen molar-refractivity contribution >= 4 is 39.2 Å². The van der Waals surface area contributed by atoms with E-state index in [1.165, 1.54) is 6.33 Å². The molecule has 138 valence electrons. The number of anilines is 2. The van der Waals surface area contributed by atoms with Crippen LogP contribution in [-0.2, 0) is 0 Å². The molecular formula is C22H19N5O. The Kier molecular flexibility index (Phi) is 3.90. The molecule has 0 radical (unpaired) electrons. The van der Waals surface area contributed by atoms with Crippen LogP contribution in [0.1, 0.15) is 28.8 Å². The van der Waals surface area contributed by atoms with Crippen molar-refractivity contribution in [2.24, 2.45) is 0 Å². The van der Waals surface area contributed by atoms with E-state index in [2.05, 4.69) is 26.7 Å². The molecule has 2 heterocycles. The van der Waals surface area contributed by atoms with E-state index < -0.39 is 0 Å². The molecule has 4 aromatic rings. The molecule has 0 atom stereocenters. The zero-order chi connectivity index (χ0) is 19.1. The Labute approximate surface area is 162 Å². The number of hydrogen-bond donors (Lipinski definition) is 2. The second-order valence-electron chi connectivity index (χ2n) is 7.22. The second kappa shape index (κ2) is 6.56. The molecule has 0 aliphatic heterocycles. The van der Waals surface area contributed by atoms with E-state index in [0.717, 1.165) is 45.9 Å². The number of rotatable bonds is 4. The van der Waals surface area contributed by atoms with Gasteiger partial charge in [-0.25, -0.2) is 15.0 Å². The number of benzene rings is 2. The molecule has 2 aromatic heterocycles. The van der Waals surface area contributed by atoms with Gasteiger partial charge in [0.05, 0.1) is 5.52 Å². The van der Waals surface area contributed by atoms with Crippen LogP contribution in [0.5, 0.6) is 0 Å². The minimum Gasteiger partial charge on any atom is -0.349 e. The van der Waals surface area contributed by atoms with Crippen LogP contribution in [0.25, 0.3) is 21.8 Å². The van der Waals surface area contributed by atoms with Gasteiger partial charge < -0.3 is 10.6 Å². The van der Waals surface area contributed by atoms with Crippen molar-refractivity contribution < 1.29 is 4.79 Å². The molecule has 1 aliphatic carbocycles. The van der Waals surface area contributed by atoms with E-state index in [4.69, 9.17) is 4.98 Å². The van der Waals surface area contributed by atoms with Crippen molar-refractivity contribution in [1.82, 2.24) is 20.3 Å². The van der Waals surface area contributed by atoms with E-state index in [-0.39, 0.29) is 5.91 Å². The van der Waals surface area contributed by atoms with Crippen LogP contribution in [0.4, 0.5) is 11.5 Å². The normalized spacial score (nSPS) is 13.6. The first-order valence-electron chi connectivity index (χ1n) is 9.35. The monoisotopic (exact) mass is 369 g/mol. The standard InChI is InChI=1S/C22H19N5O/c1-13-3-2-4-16(9-13)25-21-20-18(11-23-12-24-20)17-8-5-14(10-19(17)27-21)22(28)26-15-6-7-15/h2-5,8-12,15H,6-7H2,1H3,(H,25,27)(H,26,28). The number of carbonyl (C=O) groups excluding carboxylic acids is 1. The Hall–Kier alpha value is -3.54. The first kappa shape index (κ1) is 16.6. The Bertz CT molecular complexity index is 1220. The van der Waals surface area contributed by atoms with Crippen molar-refractivity contribution in [2.75, 3.05) is 5.32 Å². The lowest BCUT2D eigenvalue weighted by Crippen LogP contribution is -2.25. The predicted octanol–water partition coefficient (Wildman–Crippen LogP) is 4.12. The molecule has 0 saturated heterocycles. The van der Waals surface area contributed by atoms with E-state index in [1.807, 2.05) is 43.3 Å². The number of amides is 1. The van der Waals surface area contributed by atoms with Crippen molar-refractivity contribution in [1.29, 1.82) is 0 Å². The van der Waals surface area contributed by atoms with Crippen LogP contribution in [0.3, 0.4) is 0 Å². The minimum atomic E-state index is -0.0520. The maximum Gasteiger partial charge on any atom is 0.251 e. The number of nitrogens with zero attached hydrogens (tertiary/aromatic N) is 3. The zero-order valence-electron chi connectivity index (χ0n) is 15.4. The van der Waals surface area contributed by atoms with Crippen LogP contribution < -0.4 is 10.6 Å². The fourth-order valence-electron chi connectivity index (χ4n) is 3.33. The lowest BCUT2D eigenvalue weighted by molar-refractivity contribution is 0.0951. The van der Waals surface area contributed by atoms with Gasteiger partial charge in [-0.1, -0.05) is 18.2 Å². The smallest absolute Gasteiger partial charge is 0.251 e. The summed E-state index contributed by atoms with van der Waals surface area (Å²) in [4.78, 5) is 25.8. The van der Waals surface area contributed by atoms with Crippen LogP contribution in [0.2, 0.25) is 0 Å². The van der Waals surface area contributed by atoms with Gasteiger partial charge >= 0.3 is 0 Å². The average molecular weight is 369 g/mol. The number of aryl methyl sites for hydroxylation is 1. The lowest BCUT2D eigenvalue weighted by atomic mass is 10.1. The Morgan fingerprint density at radius 1 is 1.11 bits per heavy atom. The fraction of sp³-hybridized carbons (Fsp3) is 0.182. The number of nitrogens with one attached hydrogen (secondary N) is 2. The van der Waals surface area contributed by atoms with E-state index in [1.54, 1.807) is 6.20 Å². The van der Waals surface area contributed by atoms with Crippen LogP contribution in [0, 0.1) is 6.92 Å². The summed E-state index contributed by atoms with van der Waals surface area (Å²) in [5.74, 6) is 0.596. The molecule has 6 heteroatoms. The van der Waals surface area contributed by atoms with Gasteiger partial charge in [-0.2, -0.15) is 0 Å². The Morgan fingerprint density at radius 2 is 2.00 bits per heavy atom. The van der Waals surface area contributed by atoms with Gasteiger partial charge in [-0.15, -0.1) is 0 Å². The molecule has 1 fully saturated rings. The Balaban J connectivity index is 1.63. The highest BCUT2D eigenvalue weighted by atomic mass is 16.1. The van der Waals surface area contributed by atoms with Crippen molar-refractivity contribution in [3.63, 3.8) is 0 Å². The first-order chi connectivity index (χ1) is 13.7. The van der Waals surface area contributed by atoms with Crippen LogP contribution in [-0.4, -0.2) is 26.9 Å². The molecule has 2 aromatic carbocycles. The third kappa shape index (κ3) is 3.13. The number of fused-ring (bicyclic) bond motifs is 3. The highest BCUT2D eigenvalue weighted by molar-refractivity contribution is 6.10. The number of carbonyl (C=O) groups is 1. The Morgan fingerprint density at radius 3 is 2.82 bits per heavy atom. The third-order valence-electron chi connectivity index (χ3n) is 4.91. The molecule has 6 nitrogen and oxygen atoms in total. The summed E-state index contributed by atoms with van der Waals surface area (Å²) in [6.07, 6.45) is 5.43. The van der Waals surface area contributed by atoms with Crippen LogP contribution in [0.15, 0.2) is 55.0 Å². The highest BCUT2D eigenvalue weighted by Gasteiger charge is 2.24. The molecule has 0 bridgehead atoms. The molecule has 1 amide bonds. The van der Waals surface area contributed by atoms with Gasteiger partial charge in [0.1, 0.15) is 11.8 Å². The molecule has 2 N–H and O–H groups in total. The number of pyridine rings is 1. The van der Waals surface area contributed by atoms with Gasteiger partial charge in [0, 0.05) is 34.3 Å². The summed E-state index contributed by atoms with van der Waals surface area (Å²) in [5.41, 5.74) is 4.20. The summed E-state index contributed by atoms with van der Waals surface area (Å²) in [7, 11) is 0. The highest BCUT2D eigenvalue weighted by Crippen LogP contribution is 2.30. The molecular weight excluding hydrogens is 350 g/mol. The summed E-state index contributed by atoms with van der Waals surface area (Å²) >= 11 is 0. The lowest BCUT2D eigenvalue weighted by Gasteiger charge is -2.12. The van der Waals surface area contributed by atoms with Crippen molar-refractivity contribution in [2.45, 2.75) is 25.8 Å². The van der Waals surface area contributed by atoms with E-state index in [0.29, 0.717) is 17.4 Å². The molecule has 1 saturated carbocycles. The minimum absolute atomic E-state index is 0.0520. The molecule has 1 aliphatic rings. The predicted molar refractivity (Wildman–Crippen MR) is 110 cm³/mol. The molecule has 28 heavy (non-hydrogen) atoms. The third-order valence-corrected chi connectivity index (χ3v) is 4.91. The largest absolute Gasteiger partial charge is 0.349 e. The molecule has 0 spiro atoms. The van der Waals surface area contributed by atoms with E-state index in [9.17, 15) is 4.79 Å². The van der Waals surface area contributed by atoms with Crippen molar-refractivity contribution in [3.8, 4) is 0 Å². The average Bonchev–Trinajstić information content (AvgIpc) is 3.52. The maximum atomic E-state index is 12.4. The summed E-state index contributed by atoms with van der Waals surface area (Å²) in [6, 6.07) is 14.0. The topological polar surface area (TPSA) is 79.8 Å². The van der Waals surface area contributed by atoms with E-state index >= 15 is 0 Å². The number of hydrogen-bond acceptors (Lipinski definition) is 5. The first-order valence-corrected chi connectivity index (χ1v) is 9.35. The van der Waals surface area contributed by atoms with Crippen LogP contribution >= 0.6 is 0 Å². The van der Waals surface area contributed by atoms with Gasteiger partial charge in [-0.3, -0.25) is 4.79 Å². The van der Waals surface area contributed by atoms with Gasteiger partial charge in [-0.05, 0) is 49.6 Å². The van der Waals surface area contributed by atoms with Gasteiger partial charge in [0.15, 0.2) is 5.82 Å². The SMILES string of the molecule is Cc1cccc(Nc2nc3cc(C(=O)NC4CC4)ccc3c3cncnc23)c1. The van der Waals surface area contributed by atoms with Gasteiger partial charge in [0.2, 0.25) is 0 Å². The van der Waals surface area contributed by atoms with Gasteiger partial charge in [0.25, 0.3) is 5.91 Å². The zero-order valence-corrected chi connectivity index (χ0v) is 15.4. The maximum absolute atomic E-state index is 12.4. The quantitative estimate of drug-likeness (QED) is 0.529. The molecule has 5 rings (SSSR count). The summed E-state index contributed by atoms with van der Waals surface area (Å²) in [5, 5.41) is 8.22. The summed E-state index contributed by atoms with van der Waals surface area (Å²) < 4.78 is 0.